The highest BCUT2D eigenvalue weighted by atomic mass is 19.2. The highest BCUT2D eigenvalue weighted by molar-refractivity contribution is 5.91. The van der Waals surface area contributed by atoms with Crippen molar-refractivity contribution in [2.75, 3.05) is 38.7 Å². The third kappa shape index (κ3) is 6.15. The summed E-state index contributed by atoms with van der Waals surface area (Å²) in [5.41, 5.74) is 3.88. The third-order valence-corrected chi connectivity index (χ3v) is 7.41. The van der Waals surface area contributed by atoms with Crippen molar-refractivity contribution in [1.82, 2.24) is 29.8 Å². The number of nitrogens with zero attached hydrogens (tertiary/aromatic N) is 5. The molecular weight excluding hydrogens is 528 g/mol. The Kier molecular flexibility index (Phi) is 8.46. The Hall–Kier alpha value is -4.09. The van der Waals surface area contributed by atoms with Gasteiger partial charge in [0.15, 0.2) is 11.6 Å². The van der Waals surface area contributed by atoms with Crippen LogP contribution in [-0.2, 0) is 11.8 Å². The maximum atomic E-state index is 14.2. The molecule has 3 heterocycles. The van der Waals surface area contributed by atoms with Crippen molar-refractivity contribution < 1.29 is 18.3 Å². The van der Waals surface area contributed by atoms with E-state index in [9.17, 15) is 13.6 Å². The minimum Gasteiger partial charge on any atom is -0.383 e. The summed E-state index contributed by atoms with van der Waals surface area (Å²) in [5, 5.41) is 15.4. The van der Waals surface area contributed by atoms with Gasteiger partial charge in [-0.05, 0) is 35.7 Å². The molecule has 2 amide bonds. The highest BCUT2D eigenvalue weighted by Crippen LogP contribution is 2.36. The standard InChI is InChI=1S/C30H35F2N7O2/c1-19(2)27-28(21-15-33-37(3)16-21)36-39(22-8-6-5-7-9-22)29(27)35-30(40)34-26-18-38(12-13-41-4)17-23(26)20-10-11-24(31)25(32)14-20/h5-11,14-16,19,23,26H,12-13,17-18H2,1-4H3,(H2,34,35,40)/t23-,26+/m0/s1. The molecule has 2 aromatic carbocycles. The summed E-state index contributed by atoms with van der Waals surface area (Å²) >= 11 is 0. The first-order valence-electron chi connectivity index (χ1n) is 13.7. The predicted molar refractivity (Wildman–Crippen MR) is 153 cm³/mol. The smallest absolute Gasteiger partial charge is 0.320 e. The number of likely N-dealkylation sites (tertiary alicyclic amines) is 1. The van der Waals surface area contributed by atoms with Gasteiger partial charge in [0, 0.05) is 57.0 Å². The predicted octanol–water partition coefficient (Wildman–Crippen LogP) is 4.91. The summed E-state index contributed by atoms with van der Waals surface area (Å²) in [4.78, 5) is 15.8. The summed E-state index contributed by atoms with van der Waals surface area (Å²) < 4.78 is 36.5. The third-order valence-electron chi connectivity index (χ3n) is 7.41. The second-order valence-corrected chi connectivity index (χ2v) is 10.7. The van der Waals surface area contributed by atoms with E-state index in [1.54, 1.807) is 28.7 Å². The van der Waals surface area contributed by atoms with Crippen LogP contribution >= 0.6 is 0 Å². The van der Waals surface area contributed by atoms with Gasteiger partial charge in [-0.15, -0.1) is 0 Å². The number of aryl methyl sites for hydroxylation is 1. The van der Waals surface area contributed by atoms with E-state index in [1.165, 1.54) is 6.07 Å². The molecule has 9 nitrogen and oxygen atoms in total. The van der Waals surface area contributed by atoms with Gasteiger partial charge in [-0.2, -0.15) is 10.2 Å². The normalized spacial score (nSPS) is 17.3. The van der Waals surface area contributed by atoms with Crippen molar-refractivity contribution in [3.8, 4) is 16.9 Å². The van der Waals surface area contributed by atoms with Crippen LogP contribution in [0.25, 0.3) is 16.9 Å². The van der Waals surface area contributed by atoms with Crippen LogP contribution in [-0.4, -0.2) is 69.9 Å². The van der Waals surface area contributed by atoms with Crippen LogP contribution < -0.4 is 10.6 Å². The van der Waals surface area contributed by atoms with Crippen molar-refractivity contribution in [3.05, 3.63) is 83.7 Å². The zero-order valence-electron chi connectivity index (χ0n) is 23.6. The Balaban J connectivity index is 1.47. The quantitative estimate of drug-likeness (QED) is 0.302. The number of methoxy groups -OCH3 is 1. The van der Waals surface area contributed by atoms with E-state index >= 15 is 0 Å². The summed E-state index contributed by atoms with van der Waals surface area (Å²) in [6.45, 7) is 6.40. The van der Waals surface area contributed by atoms with Crippen molar-refractivity contribution in [1.29, 1.82) is 0 Å². The summed E-state index contributed by atoms with van der Waals surface area (Å²) in [6, 6.07) is 12.8. The number of carbonyl (C=O) groups excluding carboxylic acids is 1. The van der Waals surface area contributed by atoms with Crippen LogP contribution in [0.5, 0.6) is 0 Å². The number of para-hydroxylation sites is 1. The van der Waals surface area contributed by atoms with Gasteiger partial charge in [0.1, 0.15) is 11.5 Å². The minimum atomic E-state index is -0.905. The number of halogens is 2. The topological polar surface area (TPSA) is 89.2 Å². The number of benzene rings is 2. The van der Waals surface area contributed by atoms with E-state index in [4.69, 9.17) is 9.84 Å². The Morgan fingerprint density at radius 3 is 2.56 bits per heavy atom. The van der Waals surface area contributed by atoms with E-state index in [0.29, 0.717) is 37.6 Å². The Labute approximate surface area is 238 Å². The van der Waals surface area contributed by atoms with E-state index in [1.807, 2.05) is 43.6 Å². The lowest BCUT2D eigenvalue weighted by Gasteiger charge is -2.21. The zero-order valence-corrected chi connectivity index (χ0v) is 23.6. The van der Waals surface area contributed by atoms with Crippen LogP contribution in [0.2, 0.25) is 0 Å². The molecule has 0 unspecified atom stereocenters. The molecule has 0 radical (unpaired) electrons. The number of aromatic nitrogens is 4. The lowest BCUT2D eigenvalue weighted by molar-refractivity contribution is 0.159. The maximum absolute atomic E-state index is 14.2. The number of hydrogen-bond acceptors (Lipinski definition) is 5. The second-order valence-electron chi connectivity index (χ2n) is 10.7. The molecule has 2 N–H and O–H groups in total. The fourth-order valence-corrected chi connectivity index (χ4v) is 5.44. The largest absolute Gasteiger partial charge is 0.383 e. The summed E-state index contributed by atoms with van der Waals surface area (Å²) in [7, 11) is 3.48. The first kappa shape index (κ1) is 28.4. The molecule has 11 heteroatoms. The molecule has 2 atom stereocenters. The molecule has 4 aromatic rings. The first-order chi connectivity index (χ1) is 19.7. The molecule has 1 saturated heterocycles. The van der Waals surface area contributed by atoms with E-state index < -0.39 is 17.7 Å². The molecule has 0 bridgehead atoms. The number of ether oxygens (including phenoxy) is 1. The van der Waals surface area contributed by atoms with Gasteiger partial charge in [0.05, 0.1) is 24.5 Å². The SMILES string of the molecule is COCCN1C[C@@H](NC(=O)Nc2c(C(C)C)c(-c3cnn(C)c3)nn2-c2ccccc2)[C@H](c2ccc(F)c(F)c2)C1. The molecule has 41 heavy (non-hydrogen) atoms. The number of carbonyl (C=O) groups is 1. The molecule has 216 valence electrons. The zero-order chi connectivity index (χ0) is 29.1. The van der Waals surface area contributed by atoms with E-state index in [-0.39, 0.29) is 17.9 Å². The number of amides is 2. The van der Waals surface area contributed by atoms with Crippen LogP contribution in [0.4, 0.5) is 19.4 Å². The van der Waals surface area contributed by atoms with Gasteiger partial charge in [-0.25, -0.2) is 18.3 Å². The maximum Gasteiger partial charge on any atom is 0.320 e. The molecular formula is C30H35F2N7O2. The van der Waals surface area contributed by atoms with Crippen molar-refractivity contribution in [3.63, 3.8) is 0 Å². The van der Waals surface area contributed by atoms with Crippen molar-refractivity contribution >= 4 is 11.8 Å². The minimum absolute atomic E-state index is 0.0314. The van der Waals surface area contributed by atoms with Gasteiger partial charge >= 0.3 is 6.03 Å². The van der Waals surface area contributed by atoms with Crippen LogP contribution in [0, 0.1) is 11.6 Å². The molecule has 1 fully saturated rings. The lowest BCUT2D eigenvalue weighted by Crippen LogP contribution is -2.42. The van der Waals surface area contributed by atoms with Gasteiger partial charge in [-0.3, -0.25) is 14.9 Å². The average molecular weight is 564 g/mol. The summed E-state index contributed by atoms with van der Waals surface area (Å²) in [5.74, 6) is -1.45. The van der Waals surface area contributed by atoms with Gasteiger partial charge in [0.2, 0.25) is 0 Å². The number of anilines is 1. The Morgan fingerprint density at radius 2 is 1.90 bits per heavy atom. The summed E-state index contributed by atoms with van der Waals surface area (Å²) in [6.07, 6.45) is 3.65. The van der Waals surface area contributed by atoms with Crippen LogP contribution in [0.3, 0.4) is 0 Å². The molecule has 0 saturated carbocycles. The monoisotopic (exact) mass is 563 g/mol. The molecule has 1 aliphatic heterocycles. The average Bonchev–Trinajstić information content (AvgIpc) is 3.66. The van der Waals surface area contributed by atoms with Crippen molar-refractivity contribution in [2.45, 2.75) is 31.7 Å². The molecule has 0 aliphatic carbocycles. The van der Waals surface area contributed by atoms with Crippen molar-refractivity contribution in [2.24, 2.45) is 7.05 Å². The Bertz CT molecular complexity index is 1500. The number of nitrogens with one attached hydrogen (secondary N) is 2. The lowest BCUT2D eigenvalue weighted by atomic mass is 9.94. The van der Waals surface area contributed by atoms with Gasteiger partial charge in [0.25, 0.3) is 0 Å². The van der Waals surface area contributed by atoms with E-state index in [0.717, 1.165) is 28.6 Å². The second kappa shape index (κ2) is 12.2. The molecule has 1 aliphatic rings. The number of rotatable bonds is 9. The fraction of sp³-hybridized carbons (Fsp3) is 0.367. The number of urea groups is 1. The molecule has 2 aromatic heterocycles. The highest BCUT2D eigenvalue weighted by Gasteiger charge is 2.35. The first-order valence-corrected chi connectivity index (χ1v) is 13.7. The van der Waals surface area contributed by atoms with Crippen LogP contribution in [0.1, 0.15) is 36.8 Å². The van der Waals surface area contributed by atoms with Crippen LogP contribution in [0.15, 0.2) is 60.9 Å². The van der Waals surface area contributed by atoms with Gasteiger partial charge < -0.3 is 10.1 Å². The number of hydrogen-bond donors (Lipinski definition) is 2. The molecule has 0 spiro atoms. The van der Waals surface area contributed by atoms with Gasteiger partial charge in [-0.1, -0.05) is 38.1 Å². The fourth-order valence-electron chi connectivity index (χ4n) is 5.44. The Morgan fingerprint density at radius 1 is 1.12 bits per heavy atom. The molecule has 5 rings (SSSR count). The van der Waals surface area contributed by atoms with E-state index in [2.05, 4.69) is 34.5 Å².